The molecule has 0 atom stereocenters. The number of hydrogen-bond acceptors (Lipinski definition) is 5. The maximum Gasteiger partial charge on any atom is 0.332 e. The van der Waals surface area contributed by atoms with Gasteiger partial charge in [0.1, 0.15) is 6.54 Å². The molecule has 3 aromatic heterocycles. The maximum atomic E-state index is 13.3. The summed E-state index contributed by atoms with van der Waals surface area (Å²) in [4.78, 5) is 42.0. The summed E-state index contributed by atoms with van der Waals surface area (Å²) in [5.74, 6) is -0.340. The number of rotatable bonds is 6. The van der Waals surface area contributed by atoms with Crippen LogP contribution in [0.3, 0.4) is 0 Å². The van der Waals surface area contributed by atoms with E-state index in [0.717, 1.165) is 21.5 Å². The molecule has 4 rings (SSSR count). The van der Waals surface area contributed by atoms with Gasteiger partial charge in [-0.15, -0.1) is 0 Å². The highest BCUT2D eigenvalue weighted by Crippen LogP contribution is 2.18. The summed E-state index contributed by atoms with van der Waals surface area (Å²) in [6.45, 7) is 3.69. The fourth-order valence-electron chi connectivity index (χ4n) is 3.75. The molecule has 0 aliphatic rings. The molecule has 0 aliphatic heterocycles. The van der Waals surface area contributed by atoms with Crippen molar-refractivity contribution in [3.8, 4) is 5.95 Å². The van der Waals surface area contributed by atoms with Crippen molar-refractivity contribution in [3.05, 3.63) is 74.2 Å². The third-order valence-electron chi connectivity index (χ3n) is 5.19. The number of aryl methyl sites for hydroxylation is 5. The molecular formula is C21H23N7O3. The normalized spacial score (nSPS) is 11.3. The highest BCUT2D eigenvalue weighted by atomic mass is 16.2. The molecule has 2 N–H and O–H groups in total. The fraction of sp³-hybridized carbons (Fsp3) is 0.286. The Hall–Kier alpha value is -3.95. The predicted octanol–water partition coefficient (Wildman–Crippen LogP) is 0.427. The fourth-order valence-corrected chi connectivity index (χ4v) is 3.75. The smallest absolute Gasteiger partial charge is 0.332 e. The van der Waals surface area contributed by atoms with E-state index in [1.165, 1.54) is 11.6 Å². The van der Waals surface area contributed by atoms with Gasteiger partial charge in [-0.2, -0.15) is 10.1 Å². The monoisotopic (exact) mass is 421 g/mol. The quantitative estimate of drug-likeness (QED) is 0.484. The molecule has 160 valence electrons. The predicted molar refractivity (Wildman–Crippen MR) is 115 cm³/mol. The number of imidazole rings is 1. The molecule has 0 unspecified atom stereocenters. The number of primary amides is 1. The van der Waals surface area contributed by atoms with Gasteiger partial charge in [0.2, 0.25) is 11.9 Å². The highest BCUT2D eigenvalue weighted by Gasteiger charge is 2.23. The Balaban J connectivity index is 1.99. The molecule has 0 fully saturated rings. The molecule has 0 radical (unpaired) electrons. The van der Waals surface area contributed by atoms with E-state index >= 15 is 0 Å². The first-order valence-corrected chi connectivity index (χ1v) is 9.84. The van der Waals surface area contributed by atoms with Crippen LogP contribution in [0.4, 0.5) is 0 Å². The van der Waals surface area contributed by atoms with Crippen LogP contribution in [0.25, 0.3) is 17.1 Å². The van der Waals surface area contributed by atoms with Gasteiger partial charge in [-0.1, -0.05) is 30.3 Å². The zero-order chi connectivity index (χ0) is 22.3. The molecule has 0 bridgehead atoms. The van der Waals surface area contributed by atoms with Crippen molar-refractivity contribution in [1.82, 2.24) is 28.5 Å². The Morgan fingerprint density at radius 1 is 1.10 bits per heavy atom. The number of carbonyl (C=O) groups is 1. The summed E-state index contributed by atoms with van der Waals surface area (Å²) >= 11 is 0. The first kappa shape index (κ1) is 20.3. The number of fused-ring (bicyclic) bond motifs is 1. The first-order valence-electron chi connectivity index (χ1n) is 9.84. The number of carbonyl (C=O) groups excluding carboxylic acids is 1. The van der Waals surface area contributed by atoms with Crippen molar-refractivity contribution >= 4 is 17.1 Å². The van der Waals surface area contributed by atoms with Gasteiger partial charge in [-0.25, -0.2) is 14.0 Å². The molecule has 0 aliphatic carbocycles. The second-order valence-corrected chi connectivity index (χ2v) is 7.51. The zero-order valence-corrected chi connectivity index (χ0v) is 17.6. The molecule has 10 nitrogen and oxygen atoms in total. The summed E-state index contributed by atoms with van der Waals surface area (Å²) in [5, 5.41) is 4.51. The minimum atomic E-state index is -0.771. The van der Waals surface area contributed by atoms with Crippen LogP contribution < -0.4 is 17.0 Å². The van der Waals surface area contributed by atoms with Gasteiger partial charge in [-0.05, 0) is 31.9 Å². The van der Waals surface area contributed by atoms with Gasteiger partial charge in [0.25, 0.3) is 5.56 Å². The van der Waals surface area contributed by atoms with Crippen LogP contribution in [0.2, 0.25) is 0 Å². The van der Waals surface area contributed by atoms with Crippen LogP contribution in [0.5, 0.6) is 0 Å². The van der Waals surface area contributed by atoms with E-state index in [4.69, 9.17) is 5.73 Å². The molecule has 3 heterocycles. The number of nitrogens with zero attached hydrogens (tertiary/aromatic N) is 6. The summed E-state index contributed by atoms with van der Waals surface area (Å²) in [6.07, 6.45) is 0.636. The topological polar surface area (TPSA) is 123 Å². The van der Waals surface area contributed by atoms with Crippen LogP contribution in [0.1, 0.15) is 17.0 Å². The van der Waals surface area contributed by atoms with Crippen molar-refractivity contribution < 1.29 is 4.79 Å². The van der Waals surface area contributed by atoms with Crippen molar-refractivity contribution in [3.63, 3.8) is 0 Å². The molecule has 0 spiro atoms. The van der Waals surface area contributed by atoms with Crippen LogP contribution in [0, 0.1) is 13.8 Å². The lowest BCUT2D eigenvalue weighted by Gasteiger charge is -2.11. The van der Waals surface area contributed by atoms with E-state index in [1.807, 2.05) is 50.2 Å². The van der Waals surface area contributed by atoms with Crippen molar-refractivity contribution in [2.24, 2.45) is 12.8 Å². The van der Waals surface area contributed by atoms with Gasteiger partial charge < -0.3 is 10.3 Å². The Bertz CT molecular complexity index is 1410. The lowest BCUT2D eigenvalue weighted by molar-refractivity contribution is -0.118. The van der Waals surface area contributed by atoms with Gasteiger partial charge in [0, 0.05) is 19.3 Å². The molecule has 0 saturated heterocycles. The lowest BCUT2D eigenvalue weighted by Crippen LogP contribution is -2.42. The van der Waals surface area contributed by atoms with Gasteiger partial charge in [0.05, 0.1) is 5.69 Å². The zero-order valence-electron chi connectivity index (χ0n) is 17.6. The number of hydrogen-bond donors (Lipinski definition) is 1. The SMILES string of the molecule is Cc1cc(C)n(-c2nc3c(c(=O)n(CC(N)=O)c(=O)n3C)n2CCc2ccccc2)n1. The van der Waals surface area contributed by atoms with Crippen LogP contribution in [-0.2, 0) is 31.4 Å². The molecule has 4 aromatic rings. The largest absolute Gasteiger partial charge is 0.368 e. The Kier molecular flexibility index (Phi) is 5.05. The van der Waals surface area contributed by atoms with Gasteiger partial charge in [0.15, 0.2) is 11.2 Å². The standard InChI is InChI=1S/C21H23N7O3/c1-13-11-14(2)28(24-13)20-23-18-17(26(20)10-9-15-7-5-4-6-8-15)19(30)27(12-16(22)29)21(31)25(18)3/h4-8,11H,9-10,12H2,1-3H3,(H2,22,29). The van der Waals surface area contributed by atoms with Gasteiger partial charge >= 0.3 is 5.69 Å². The highest BCUT2D eigenvalue weighted by molar-refractivity contribution is 5.75. The number of aromatic nitrogens is 6. The summed E-state index contributed by atoms with van der Waals surface area (Å²) in [7, 11) is 1.51. The Morgan fingerprint density at radius 2 is 1.81 bits per heavy atom. The lowest BCUT2D eigenvalue weighted by atomic mass is 10.1. The van der Waals surface area contributed by atoms with Crippen molar-refractivity contribution in [2.45, 2.75) is 33.4 Å². The molecule has 0 saturated carbocycles. The van der Waals surface area contributed by atoms with E-state index in [1.54, 1.807) is 9.25 Å². The summed E-state index contributed by atoms with van der Waals surface area (Å²) in [5.41, 5.74) is 7.20. The minimum Gasteiger partial charge on any atom is -0.368 e. The van der Waals surface area contributed by atoms with E-state index in [-0.39, 0.29) is 11.2 Å². The minimum absolute atomic E-state index is 0.224. The average molecular weight is 421 g/mol. The van der Waals surface area contributed by atoms with Crippen molar-refractivity contribution in [1.29, 1.82) is 0 Å². The molecule has 1 amide bonds. The third-order valence-corrected chi connectivity index (χ3v) is 5.19. The van der Waals surface area contributed by atoms with E-state index in [9.17, 15) is 14.4 Å². The molecular weight excluding hydrogens is 398 g/mol. The van der Waals surface area contributed by atoms with E-state index < -0.39 is 23.7 Å². The van der Waals surface area contributed by atoms with Crippen LogP contribution >= 0.6 is 0 Å². The van der Waals surface area contributed by atoms with Gasteiger partial charge in [-0.3, -0.25) is 14.2 Å². The Labute approximate surface area is 177 Å². The number of nitrogens with two attached hydrogens (primary N) is 1. The summed E-state index contributed by atoms with van der Waals surface area (Å²) in [6, 6.07) is 11.8. The summed E-state index contributed by atoms with van der Waals surface area (Å²) < 4.78 is 5.51. The second kappa shape index (κ2) is 7.71. The van der Waals surface area contributed by atoms with E-state index in [0.29, 0.717) is 18.9 Å². The average Bonchev–Trinajstić information content (AvgIpc) is 3.27. The van der Waals surface area contributed by atoms with Crippen LogP contribution in [0.15, 0.2) is 46.0 Å². The third kappa shape index (κ3) is 3.56. The molecule has 1 aromatic carbocycles. The molecule has 31 heavy (non-hydrogen) atoms. The Morgan fingerprint density at radius 3 is 2.42 bits per heavy atom. The number of amides is 1. The van der Waals surface area contributed by atoms with Crippen LogP contribution in [-0.4, -0.2) is 34.4 Å². The van der Waals surface area contributed by atoms with Crippen molar-refractivity contribution in [2.75, 3.05) is 0 Å². The maximum absolute atomic E-state index is 13.3. The van der Waals surface area contributed by atoms with E-state index in [2.05, 4.69) is 10.1 Å². The second-order valence-electron chi connectivity index (χ2n) is 7.51. The number of benzene rings is 1. The molecule has 10 heteroatoms. The first-order chi connectivity index (χ1) is 14.8.